The quantitative estimate of drug-likeness (QED) is 0.880. The van der Waals surface area contributed by atoms with E-state index in [1.807, 2.05) is 12.1 Å². The smallest absolute Gasteiger partial charge is 0.252 e. The fraction of sp³-hybridized carbons (Fsp3) is 0.278. The van der Waals surface area contributed by atoms with E-state index >= 15 is 0 Å². The second-order valence-electron chi connectivity index (χ2n) is 5.75. The number of carbonyl (C=O) groups excluding carboxylic acids is 1. The highest BCUT2D eigenvalue weighted by Gasteiger charge is 2.25. The molecule has 0 saturated carbocycles. The minimum Gasteiger partial charge on any atom is -0.506 e. The maximum absolute atomic E-state index is 11.5. The molecule has 1 atom stereocenters. The lowest BCUT2D eigenvalue weighted by molar-refractivity contribution is 0.0962. The van der Waals surface area contributed by atoms with Crippen LogP contribution in [0.3, 0.4) is 0 Å². The molecule has 7 nitrogen and oxygen atoms in total. The van der Waals surface area contributed by atoms with Crippen molar-refractivity contribution in [2.75, 3.05) is 25.0 Å². The number of pyridine rings is 1. The molecule has 1 aromatic heterocycles. The Bertz CT molecular complexity index is 814. The van der Waals surface area contributed by atoms with Gasteiger partial charge in [-0.2, -0.15) is 5.26 Å². The van der Waals surface area contributed by atoms with E-state index in [0.29, 0.717) is 18.0 Å². The molecular formula is C18H18N4O3. The van der Waals surface area contributed by atoms with E-state index in [4.69, 9.17) is 10.00 Å². The average molecular weight is 338 g/mol. The minimum atomic E-state index is -0.188. The lowest BCUT2D eigenvalue weighted by Gasteiger charge is -2.19. The highest BCUT2D eigenvalue weighted by atomic mass is 16.5. The monoisotopic (exact) mass is 338 g/mol. The van der Waals surface area contributed by atoms with E-state index in [-0.39, 0.29) is 23.3 Å². The van der Waals surface area contributed by atoms with E-state index < -0.39 is 0 Å². The molecule has 1 amide bonds. The van der Waals surface area contributed by atoms with E-state index in [0.717, 1.165) is 18.7 Å². The van der Waals surface area contributed by atoms with Crippen LogP contribution >= 0.6 is 0 Å². The van der Waals surface area contributed by atoms with Gasteiger partial charge in [-0.15, -0.1) is 0 Å². The summed E-state index contributed by atoms with van der Waals surface area (Å²) in [6, 6.07) is 10.3. The van der Waals surface area contributed by atoms with E-state index in [2.05, 4.69) is 15.2 Å². The van der Waals surface area contributed by atoms with Crippen molar-refractivity contribution in [3.8, 4) is 17.7 Å². The van der Waals surface area contributed by atoms with Crippen molar-refractivity contribution in [3.63, 3.8) is 0 Å². The Labute approximate surface area is 145 Å². The van der Waals surface area contributed by atoms with Gasteiger partial charge in [0.15, 0.2) is 0 Å². The molecule has 1 saturated heterocycles. The van der Waals surface area contributed by atoms with E-state index in [1.54, 1.807) is 31.3 Å². The Morgan fingerprint density at radius 3 is 2.92 bits per heavy atom. The third-order valence-electron chi connectivity index (χ3n) is 4.12. The number of aromatic nitrogens is 1. The Hall–Kier alpha value is -3.27. The van der Waals surface area contributed by atoms with Crippen molar-refractivity contribution >= 4 is 11.6 Å². The van der Waals surface area contributed by atoms with Gasteiger partial charge in [-0.25, -0.2) is 4.98 Å². The van der Waals surface area contributed by atoms with Crippen LogP contribution in [-0.2, 0) is 0 Å². The van der Waals surface area contributed by atoms with Crippen molar-refractivity contribution in [2.24, 2.45) is 0 Å². The van der Waals surface area contributed by atoms with Gasteiger partial charge in [-0.3, -0.25) is 4.79 Å². The summed E-state index contributed by atoms with van der Waals surface area (Å²) >= 11 is 0. The van der Waals surface area contributed by atoms with Gasteiger partial charge in [0.25, 0.3) is 5.91 Å². The zero-order valence-electron chi connectivity index (χ0n) is 13.8. The summed E-state index contributed by atoms with van der Waals surface area (Å²) < 4.78 is 5.87. The molecule has 2 aromatic rings. The fourth-order valence-electron chi connectivity index (χ4n) is 2.77. The predicted molar refractivity (Wildman–Crippen MR) is 91.7 cm³/mol. The van der Waals surface area contributed by atoms with Gasteiger partial charge >= 0.3 is 0 Å². The van der Waals surface area contributed by atoms with Crippen LogP contribution in [0.4, 0.5) is 5.69 Å². The highest BCUT2D eigenvalue weighted by molar-refractivity contribution is 5.93. The van der Waals surface area contributed by atoms with Crippen LogP contribution in [0, 0.1) is 11.3 Å². The number of anilines is 1. The van der Waals surface area contributed by atoms with Crippen LogP contribution < -0.4 is 15.0 Å². The summed E-state index contributed by atoms with van der Waals surface area (Å²) in [6.45, 7) is 1.44. The molecule has 0 radical (unpaired) electrons. The Morgan fingerprint density at radius 1 is 1.44 bits per heavy atom. The van der Waals surface area contributed by atoms with Crippen LogP contribution in [0.1, 0.15) is 22.3 Å². The molecule has 0 bridgehead atoms. The zero-order chi connectivity index (χ0) is 17.8. The Morgan fingerprint density at radius 2 is 2.28 bits per heavy atom. The fourth-order valence-corrected chi connectivity index (χ4v) is 2.77. The van der Waals surface area contributed by atoms with Gasteiger partial charge in [0, 0.05) is 44.0 Å². The molecule has 1 fully saturated rings. The first-order valence-electron chi connectivity index (χ1n) is 7.93. The molecule has 1 aromatic carbocycles. The number of nitrogens with zero attached hydrogens (tertiary/aromatic N) is 3. The standard InChI is InChI=1S/C18H18N4O3/c1-20-18(24)13-3-5-17(21-10-13)25-15-6-7-22(11-15)14-4-2-12(9-19)16(23)8-14/h2-5,8,10,15,23H,6-7,11H2,1H3,(H,20,24)/t15-/m1/s1. The van der Waals surface area contributed by atoms with Gasteiger partial charge in [0.05, 0.1) is 17.7 Å². The number of phenolic OH excluding ortho intramolecular Hbond substituents is 1. The Balaban J connectivity index is 1.62. The van der Waals surface area contributed by atoms with Gasteiger partial charge in [0.1, 0.15) is 17.9 Å². The molecule has 1 aliphatic heterocycles. The lowest BCUT2D eigenvalue weighted by atomic mass is 10.2. The van der Waals surface area contributed by atoms with Crippen molar-refractivity contribution < 1.29 is 14.6 Å². The first kappa shape index (κ1) is 16.6. The molecule has 128 valence electrons. The van der Waals surface area contributed by atoms with Crippen molar-refractivity contribution in [3.05, 3.63) is 47.7 Å². The summed E-state index contributed by atoms with van der Waals surface area (Å²) in [4.78, 5) is 17.8. The number of hydrogen-bond acceptors (Lipinski definition) is 6. The molecule has 7 heteroatoms. The van der Waals surface area contributed by atoms with Gasteiger partial charge < -0.3 is 20.1 Å². The number of aromatic hydroxyl groups is 1. The SMILES string of the molecule is CNC(=O)c1ccc(O[C@@H]2CCN(c3ccc(C#N)c(O)c3)C2)nc1. The minimum absolute atomic E-state index is 0.0178. The third-order valence-corrected chi connectivity index (χ3v) is 4.12. The van der Waals surface area contributed by atoms with Crippen LogP contribution in [0.2, 0.25) is 0 Å². The van der Waals surface area contributed by atoms with Crippen molar-refractivity contribution in [1.82, 2.24) is 10.3 Å². The number of nitriles is 1. The first-order chi connectivity index (χ1) is 12.1. The molecule has 0 spiro atoms. The van der Waals surface area contributed by atoms with Crippen LogP contribution in [0.25, 0.3) is 0 Å². The predicted octanol–water partition coefficient (Wildman–Crippen LogP) is 1.68. The summed E-state index contributed by atoms with van der Waals surface area (Å²) in [5.41, 5.74) is 1.60. The van der Waals surface area contributed by atoms with Gasteiger partial charge in [-0.1, -0.05) is 0 Å². The highest BCUT2D eigenvalue weighted by Crippen LogP contribution is 2.28. The second-order valence-corrected chi connectivity index (χ2v) is 5.75. The van der Waals surface area contributed by atoms with Gasteiger partial charge in [-0.05, 0) is 18.2 Å². The number of carbonyl (C=O) groups is 1. The summed E-state index contributed by atoms with van der Waals surface area (Å²) in [5.74, 6) is 0.268. The first-order valence-corrected chi connectivity index (χ1v) is 7.93. The van der Waals surface area contributed by atoms with Gasteiger partial charge in [0.2, 0.25) is 5.88 Å². The summed E-state index contributed by atoms with van der Waals surface area (Å²) in [5, 5.41) is 21.2. The molecule has 1 aliphatic rings. The normalized spacial score (nSPS) is 16.3. The maximum atomic E-state index is 11.5. The second kappa shape index (κ2) is 7.09. The number of amides is 1. The summed E-state index contributed by atoms with van der Waals surface area (Å²) in [7, 11) is 1.57. The average Bonchev–Trinajstić information content (AvgIpc) is 3.10. The molecule has 0 unspecified atom stereocenters. The molecule has 2 N–H and O–H groups in total. The van der Waals surface area contributed by atoms with Crippen LogP contribution in [0.15, 0.2) is 36.5 Å². The molecule has 2 heterocycles. The van der Waals surface area contributed by atoms with Crippen molar-refractivity contribution in [1.29, 1.82) is 5.26 Å². The van der Waals surface area contributed by atoms with E-state index in [9.17, 15) is 9.90 Å². The number of rotatable bonds is 4. The maximum Gasteiger partial charge on any atom is 0.252 e. The van der Waals surface area contributed by atoms with Crippen LogP contribution in [0.5, 0.6) is 11.6 Å². The third kappa shape index (κ3) is 3.63. The zero-order valence-corrected chi connectivity index (χ0v) is 13.8. The number of phenols is 1. The largest absolute Gasteiger partial charge is 0.506 e. The molecule has 3 rings (SSSR count). The lowest BCUT2D eigenvalue weighted by Crippen LogP contribution is -2.24. The topological polar surface area (TPSA) is 98.5 Å². The molecule has 0 aliphatic carbocycles. The molecular weight excluding hydrogens is 320 g/mol. The van der Waals surface area contributed by atoms with E-state index in [1.165, 1.54) is 6.20 Å². The number of benzene rings is 1. The van der Waals surface area contributed by atoms with Crippen LogP contribution in [-0.4, -0.2) is 42.2 Å². The number of ether oxygens (including phenoxy) is 1. The number of nitrogens with one attached hydrogen (secondary N) is 1. The molecule has 25 heavy (non-hydrogen) atoms. The summed E-state index contributed by atoms with van der Waals surface area (Å²) in [6.07, 6.45) is 2.27. The van der Waals surface area contributed by atoms with Crippen molar-refractivity contribution in [2.45, 2.75) is 12.5 Å². The number of hydrogen-bond donors (Lipinski definition) is 2. The Kier molecular flexibility index (Phi) is 4.70.